The highest BCUT2D eigenvalue weighted by molar-refractivity contribution is 7.99. The van der Waals surface area contributed by atoms with E-state index < -0.39 is 0 Å². The number of carbonyl (C=O) groups excluding carboxylic acids is 1. The van der Waals surface area contributed by atoms with Gasteiger partial charge in [0.05, 0.1) is 5.75 Å². The highest BCUT2D eigenvalue weighted by Gasteiger charge is 2.12. The molecule has 0 saturated heterocycles. The third-order valence-corrected chi connectivity index (χ3v) is 4.69. The van der Waals surface area contributed by atoms with Gasteiger partial charge in [0.2, 0.25) is 11.8 Å². The van der Waals surface area contributed by atoms with Gasteiger partial charge >= 0.3 is 0 Å². The Morgan fingerprint density at radius 2 is 1.77 bits per heavy atom. The van der Waals surface area contributed by atoms with E-state index in [2.05, 4.69) is 27.6 Å². The first kappa shape index (κ1) is 18.2. The molecule has 26 heavy (non-hydrogen) atoms. The topological polar surface area (TPSA) is 68.0 Å². The van der Waals surface area contributed by atoms with Gasteiger partial charge in [-0.25, -0.2) is 0 Å². The summed E-state index contributed by atoms with van der Waals surface area (Å²) in [4.78, 5) is 12.1. The Labute approximate surface area is 157 Å². The van der Waals surface area contributed by atoms with Crippen LogP contribution < -0.4 is 5.32 Å². The van der Waals surface area contributed by atoms with Gasteiger partial charge in [0.15, 0.2) is 0 Å². The van der Waals surface area contributed by atoms with Gasteiger partial charge in [-0.3, -0.25) is 4.79 Å². The number of benzene rings is 2. The number of nitrogens with zero attached hydrogens (tertiary/aromatic N) is 2. The lowest BCUT2D eigenvalue weighted by Gasteiger charge is -2.13. The molecule has 3 rings (SSSR count). The molecule has 1 N–H and O–H groups in total. The molecular weight excluding hydrogens is 346 g/mol. The van der Waals surface area contributed by atoms with Gasteiger partial charge in [-0.2, -0.15) is 0 Å². The fourth-order valence-electron chi connectivity index (χ4n) is 2.51. The Balaban J connectivity index is 1.42. The molecule has 0 saturated carbocycles. The Hall–Kier alpha value is -2.60. The summed E-state index contributed by atoms with van der Waals surface area (Å²) < 4.78 is 5.59. The van der Waals surface area contributed by atoms with Crippen molar-refractivity contribution in [3.63, 3.8) is 0 Å². The summed E-state index contributed by atoms with van der Waals surface area (Å²) in [5.41, 5.74) is 2.15. The standard InChI is InChI=1S/C20H21N3O2S/c1-15(12-13-16-8-4-2-5-9-16)21-18(24)14-26-20-23-22-19(25-20)17-10-6-3-7-11-17/h2-11,15H,12-14H2,1H3,(H,21,24)/t15-/m1/s1. The first-order valence-electron chi connectivity index (χ1n) is 8.56. The minimum Gasteiger partial charge on any atom is -0.411 e. The molecule has 0 aliphatic heterocycles. The number of amides is 1. The lowest BCUT2D eigenvalue weighted by atomic mass is 10.1. The maximum atomic E-state index is 12.1. The monoisotopic (exact) mass is 367 g/mol. The Kier molecular flexibility index (Phi) is 6.44. The van der Waals surface area contributed by atoms with Crippen molar-refractivity contribution in [2.24, 2.45) is 0 Å². The van der Waals surface area contributed by atoms with Gasteiger partial charge in [-0.05, 0) is 37.5 Å². The summed E-state index contributed by atoms with van der Waals surface area (Å²) >= 11 is 1.25. The molecule has 0 aliphatic rings. The van der Waals surface area contributed by atoms with Crippen LogP contribution in [0, 0.1) is 0 Å². The number of carbonyl (C=O) groups is 1. The molecule has 0 bridgehead atoms. The van der Waals surface area contributed by atoms with Crippen molar-refractivity contribution in [2.75, 3.05) is 5.75 Å². The van der Waals surface area contributed by atoms with Gasteiger partial charge in [0, 0.05) is 11.6 Å². The second kappa shape index (κ2) is 9.20. The van der Waals surface area contributed by atoms with Crippen molar-refractivity contribution in [1.82, 2.24) is 15.5 Å². The van der Waals surface area contributed by atoms with E-state index in [1.165, 1.54) is 17.3 Å². The molecule has 1 amide bonds. The molecule has 6 heteroatoms. The van der Waals surface area contributed by atoms with Gasteiger partial charge < -0.3 is 9.73 Å². The summed E-state index contributed by atoms with van der Waals surface area (Å²) in [6, 6.07) is 20.0. The maximum Gasteiger partial charge on any atom is 0.277 e. The molecule has 0 aliphatic carbocycles. The van der Waals surface area contributed by atoms with E-state index in [-0.39, 0.29) is 17.7 Å². The van der Waals surface area contributed by atoms with E-state index in [4.69, 9.17) is 4.42 Å². The van der Waals surface area contributed by atoms with Crippen molar-refractivity contribution >= 4 is 17.7 Å². The molecule has 2 aromatic carbocycles. The van der Waals surface area contributed by atoms with Crippen LogP contribution in [0.2, 0.25) is 0 Å². The Morgan fingerprint density at radius 3 is 2.50 bits per heavy atom. The summed E-state index contributed by atoms with van der Waals surface area (Å²) in [5, 5.41) is 11.4. The first-order valence-corrected chi connectivity index (χ1v) is 9.54. The van der Waals surface area contributed by atoms with Crippen molar-refractivity contribution < 1.29 is 9.21 Å². The third-order valence-electron chi connectivity index (χ3n) is 3.87. The largest absolute Gasteiger partial charge is 0.411 e. The first-order chi connectivity index (χ1) is 12.7. The van der Waals surface area contributed by atoms with Crippen molar-refractivity contribution in [1.29, 1.82) is 0 Å². The Bertz CT molecular complexity index is 821. The summed E-state index contributed by atoms with van der Waals surface area (Å²) in [7, 11) is 0. The fraction of sp³-hybridized carbons (Fsp3) is 0.250. The van der Waals surface area contributed by atoms with Crippen LogP contribution >= 0.6 is 11.8 Å². The lowest BCUT2D eigenvalue weighted by Crippen LogP contribution is -2.34. The van der Waals surface area contributed by atoms with Crippen LogP contribution in [0.5, 0.6) is 0 Å². The quantitative estimate of drug-likeness (QED) is 0.610. The summed E-state index contributed by atoms with van der Waals surface area (Å²) in [5.74, 6) is 0.686. The van der Waals surface area contributed by atoms with E-state index >= 15 is 0 Å². The van der Waals surface area contributed by atoms with E-state index in [0.29, 0.717) is 11.1 Å². The number of aryl methyl sites for hydroxylation is 1. The normalized spacial score (nSPS) is 11.9. The zero-order valence-corrected chi connectivity index (χ0v) is 15.4. The molecule has 0 spiro atoms. The molecule has 3 aromatic rings. The molecule has 0 unspecified atom stereocenters. The molecule has 134 valence electrons. The number of aromatic nitrogens is 2. The van der Waals surface area contributed by atoms with Crippen LogP contribution in [0.15, 0.2) is 70.3 Å². The van der Waals surface area contributed by atoms with Gasteiger partial charge in [-0.15, -0.1) is 10.2 Å². The highest BCUT2D eigenvalue weighted by Crippen LogP contribution is 2.22. The van der Waals surface area contributed by atoms with Crippen LogP contribution in [0.25, 0.3) is 11.5 Å². The van der Waals surface area contributed by atoms with Crippen molar-refractivity contribution in [2.45, 2.75) is 31.0 Å². The summed E-state index contributed by atoms with van der Waals surface area (Å²) in [6.45, 7) is 2.02. The Morgan fingerprint density at radius 1 is 1.08 bits per heavy atom. The number of thioether (sulfide) groups is 1. The van der Waals surface area contributed by atoms with E-state index in [0.717, 1.165) is 18.4 Å². The zero-order valence-electron chi connectivity index (χ0n) is 14.6. The van der Waals surface area contributed by atoms with E-state index in [1.54, 1.807) is 0 Å². The molecule has 1 aromatic heterocycles. The molecular formula is C20H21N3O2S. The summed E-state index contributed by atoms with van der Waals surface area (Å²) in [6.07, 6.45) is 1.85. The number of hydrogen-bond donors (Lipinski definition) is 1. The second-order valence-corrected chi connectivity index (χ2v) is 6.95. The molecule has 5 nitrogen and oxygen atoms in total. The van der Waals surface area contributed by atoms with E-state index in [9.17, 15) is 4.79 Å². The van der Waals surface area contributed by atoms with Gasteiger partial charge in [-0.1, -0.05) is 60.3 Å². The predicted octanol–water partition coefficient (Wildman–Crippen LogP) is 3.97. The number of hydrogen-bond acceptors (Lipinski definition) is 5. The average Bonchev–Trinajstić information content (AvgIpc) is 3.15. The maximum absolute atomic E-state index is 12.1. The average molecular weight is 367 g/mol. The van der Waals surface area contributed by atoms with Crippen LogP contribution in [0.3, 0.4) is 0 Å². The molecule has 1 atom stereocenters. The van der Waals surface area contributed by atoms with Crippen LogP contribution in [-0.4, -0.2) is 27.9 Å². The number of rotatable bonds is 8. The molecule has 1 heterocycles. The SMILES string of the molecule is C[C@H](CCc1ccccc1)NC(=O)CSc1nnc(-c2ccccc2)o1. The van der Waals surface area contributed by atoms with E-state index in [1.807, 2.05) is 55.5 Å². The van der Waals surface area contributed by atoms with Crippen LogP contribution in [0.4, 0.5) is 0 Å². The van der Waals surface area contributed by atoms with Gasteiger partial charge in [0.25, 0.3) is 5.22 Å². The highest BCUT2D eigenvalue weighted by atomic mass is 32.2. The van der Waals surface area contributed by atoms with Crippen LogP contribution in [0.1, 0.15) is 18.9 Å². The minimum atomic E-state index is -0.0324. The third kappa shape index (κ3) is 5.46. The van der Waals surface area contributed by atoms with Crippen molar-refractivity contribution in [3.05, 3.63) is 66.2 Å². The lowest BCUT2D eigenvalue weighted by molar-refractivity contribution is -0.119. The van der Waals surface area contributed by atoms with Crippen molar-refractivity contribution in [3.8, 4) is 11.5 Å². The fourth-order valence-corrected chi connectivity index (χ4v) is 3.08. The predicted molar refractivity (Wildman–Crippen MR) is 103 cm³/mol. The second-order valence-electron chi connectivity index (χ2n) is 6.02. The van der Waals surface area contributed by atoms with Crippen LogP contribution in [-0.2, 0) is 11.2 Å². The van der Waals surface area contributed by atoms with Gasteiger partial charge in [0.1, 0.15) is 0 Å². The zero-order chi connectivity index (χ0) is 18.2. The smallest absolute Gasteiger partial charge is 0.277 e. The minimum absolute atomic E-state index is 0.0324. The molecule has 0 fully saturated rings. The molecule has 0 radical (unpaired) electrons. The number of nitrogens with one attached hydrogen (secondary N) is 1.